The van der Waals surface area contributed by atoms with Crippen molar-refractivity contribution in [3.63, 3.8) is 0 Å². The van der Waals surface area contributed by atoms with Crippen molar-refractivity contribution in [1.29, 1.82) is 0 Å². The third kappa shape index (κ3) is 2.87. The summed E-state index contributed by atoms with van der Waals surface area (Å²) in [5.41, 5.74) is 2.36. The van der Waals surface area contributed by atoms with Crippen LogP contribution in [0.4, 0.5) is 0 Å². The number of carbonyl (C=O) groups is 2. The third-order valence-electron chi connectivity index (χ3n) is 4.56. The van der Waals surface area contributed by atoms with Gasteiger partial charge in [0.25, 0.3) is 5.91 Å². The Morgan fingerprint density at radius 3 is 2.71 bits per heavy atom. The molecule has 1 atom stereocenters. The maximum absolute atomic E-state index is 12.7. The minimum absolute atomic E-state index is 0.00754. The van der Waals surface area contributed by atoms with E-state index in [4.69, 9.17) is 0 Å². The molecule has 0 saturated carbocycles. The Balaban J connectivity index is 1.39. The summed E-state index contributed by atoms with van der Waals surface area (Å²) in [5.74, 6) is 1.84. The zero-order valence-electron chi connectivity index (χ0n) is 13.2. The number of rotatable bonds is 2. The summed E-state index contributed by atoms with van der Waals surface area (Å²) in [5, 5.41) is 3.21. The number of amides is 2. The van der Waals surface area contributed by atoms with Gasteiger partial charge in [0.15, 0.2) is 0 Å². The van der Waals surface area contributed by atoms with Gasteiger partial charge < -0.3 is 14.8 Å². The van der Waals surface area contributed by atoms with Gasteiger partial charge in [-0.1, -0.05) is 0 Å². The quantitative estimate of drug-likeness (QED) is 0.829. The van der Waals surface area contributed by atoms with E-state index in [9.17, 15) is 9.59 Å². The number of nitrogens with one attached hydrogen (secondary N) is 2. The van der Waals surface area contributed by atoms with Crippen molar-refractivity contribution >= 4 is 34.6 Å². The van der Waals surface area contributed by atoms with Crippen molar-refractivity contribution in [3.05, 3.63) is 30.1 Å². The minimum Gasteiger partial charge on any atom is -0.345 e. The Hall–Kier alpha value is -2.06. The van der Waals surface area contributed by atoms with Crippen LogP contribution in [0.15, 0.2) is 24.5 Å². The molecule has 2 amide bonds. The fourth-order valence-electron chi connectivity index (χ4n) is 3.16. The summed E-state index contributed by atoms with van der Waals surface area (Å²) < 4.78 is 0. The van der Waals surface area contributed by atoms with Crippen molar-refractivity contribution in [2.45, 2.75) is 6.04 Å². The number of fused-ring (bicyclic) bond motifs is 1. The normalized spacial score (nSPS) is 21.4. The number of H-pyrrole nitrogens is 1. The summed E-state index contributed by atoms with van der Waals surface area (Å²) >= 11 is 1.75. The molecule has 126 valence electrons. The zero-order chi connectivity index (χ0) is 16.5. The van der Waals surface area contributed by atoms with Gasteiger partial charge in [0.05, 0.1) is 23.4 Å². The number of nitrogens with zero attached hydrogens (tertiary/aromatic N) is 3. The highest BCUT2D eigenvalue weighted by Gasteiger charge is 2.30. The van der Waals surface area contributed by atoms with Gasteiger partial charge in [0, 0.05) is 43.4 Å². The van der Waals surface area contributed by atoms with Crippen LogP contribution in [0.25, 0.3) is 11.0 Å². The Labute approximate surface area is 143 Å². The van der Waals surface area contributed by atoms with E-state index in [0.717, 1.165) is 22.7 Å². The highest BCUT2D eigenvalue weighted by Crippen LogP contribution is 2.16. The van der Waals surface area contributed by atoms with E-state index in [-0.39, 0.29) is 17.9 Å². The number of hydrogen-bond acceptors (Lipinski definition) is 5. The van der Waals surface area contributed by atoms with Gasteiger partial charge in [-0.25, -0.2) is 4.98 Å². The Morgan fingerprint density at radius 2 is 1.96 bits per heavy atom. The molecule has 0 spiro atoms. The average molecular weight is 345 g/mol. The van der Waals surface area contributed by atoms with Gasteiger partial charge in [-0.3, -0.25) is 14.9 Å². The molecule has 0 radical (unpaired) electrons. The summed E-state index contributed by atoms with van der Waals surface area (Å²) in [7, 11) is 0. The van der Waals surface area contributed by atoms with Crippen LogP contribution in [0.5, 0.6) is 0 Å². The maximum atomic E-state index is 12.7. The highest BCUT2D eigenvalue weighted by atomic mass is 32.2. The Morgan fingerprint density at radius 1 is 1.17 bits per heavy atom. The van der Waals surface area contributed by atoms with Crippen LogP contribution in [0, 0.1) is 0 Å². The molecular formula is C16H19N5O2S. The van der Waals surface area contributed by atoms with Gasteiger partial charge >= 0.3 is 0 Å². The molecular weight excluding hydrogens is 326 g/mol. The molecule has 2 aromatic rings. The van der Waals surface area contributed by atoms with Gasteiger partial charge in [-0.2, -0.15) is 0 Å². The van der Waals surface area contributed by atoms with Gasteiger partial charge in [-0.15, -0.1) is 11.8 Å². The first-order valence-electron chi connectivity index (χ1n) is 8.05. The first kappa shape index (κ1) is 15.5. The number of imidazole rings is 1. The largest absolute Gasteiger partial charge is 0.345 e. The van der Waals surface area contributed by atoms with E-state index in [1.165, 1.54) is 0 Å². The fourth-order valence-corrected chi connectivity index (χ4v) is 4.09. The number of hydrogen-bond donors (Lipinski definition) is 2. The van der Waals surface area contributed by atoms with E-state index in [0.29, 0.717) is 31.7 Å². The molecule has 2 aliphatic heterocycles. The molecule has 3 heterocycles. The monoisotopic (exact) mass is 345 g/mol. The third-order valence-corrected chi connectivity index (χ3v) is 5.50. The molecule has 1 unspecified atom stereocenters. The van der Waals surface area contributed by atoms with Crippen molar-refractivity contribution in [2.24, 2.45) is 0 Å². The van der Waals surface area contributed by atoms with Crippen LogP contribution < -0.4 is 5.32 Å². The van der Waals surface area contributed by atoms with Crippen LogP contribution in [-0.2, 0) is 4.79 Å². The summed E-state index contributed by atoms with van der Waals surface area (Å²) in [6, 6.07) is 5.42. The summed E-state index contributed by atoms with van der Waals surface area (Å²) in [4.78, 5) is 35.9. The minimum atomic E-state index is -0.0694. The lowest BCUT2D eigenvalue weighted by molar-refractivity contribution is -0.134. The molecule has 1 aromatic carbocycles. The smallest absolute Gasteiger partial charge is 0.254 e. The zero-order valence-corrected chi connectivity index (χ0v) is 14.0. The molecule has 24 heavy (non-hydrogen) atoms. The second-order valence-corrected chi connectivity index (χ2v) is 7.05. The van der Waals surface area contributed by atoms with Gasteiger partial charge in [0.2, 0.25) is 5.91 Å². The lowest BCUT2D eigenvalue weighted by Gasteiger charge is -2.35. The SMILES string of the molecule is O=C(c1ccc2nc[nH]c2c1)N1CCN(C(=O)C2CSCN2)CC1. The van der Waals surface area contributed by atoms with Crippen molar-refractivity contribution in [3.8, 4) is 0 Å². The Bertz CT molecular complexity index is 763. The van der Waals surface area contributed by atoms with Crippen LogP contribution >= 0.6 is 11.8 Å². The summed E-state index contributed by atoms with van der Waals surface area (Å²) in [6.07, 6.45) is 1.62. The van der Waals surface area contributed by atoms with E-state index in [1.54, 1.807) is 18.1 Å². The van der Waals surface area contributed by atoms with Crippen LogP contribution in [0.1, 0.15) is 10.4 Å². The second kappa shape index (κ2) is 6.45. The standard InChI is InChI=1S/C16H19N5O2S/c22-15(11-1-2-12-13(7-11)18-9-17-12)20-3-5-21(6-4-20)16(23)14-8-24-10-19-14/h1-2,7,9,14,19H,3-6,8,10H2,(H,17,18). The highest BCUT2D eigenvalue weighted by molar-refractivity contribution is 7.99. The number of aromatic nitrogens is 2. The fraction of sp³-hybridized carbons (Fsp3) is 0.438. The lowest BCUT2D eigenvalue weighted by Crippen LogP contribution is -2.54. The molecule has 8 heteroatoms. The molecule has 0 aliphatic carbocycles. The topological polar surface area (TPSA) is 81.3 Å². The first-order chi connectivity index (χ1) is 11.7. The van der Waals surface area contributed by atoms with Crippen molar-refractivity contribution in [2.75, 3.05) is 37.8 Å². The van der Waals surface area contributed by atoms with Crippen LogP contribution in [0.2, 0.25) is 0 Å². The molecule has 0 bridgehead atoms. The van der Waals surface area contributed by atoms with E-state index < -0.39 is 0 Å². The predicted molar refractivity (Wildman–Crippen MR) is 92.8 cm³/mol. The van der Waals surface area contributed by atoms with Crippen LogP contribution in [-0.4, -0.2) is 75.4 Å². The lowest BCUT2D eigenvalue weighted by atomic mass is 10.1. The second-order valence-electron chi connectivity index (χ2n) is 6.02. The number of thioether (sulfide) groups is 1. The van der Waals surface area contributed by atoms with E-state index >= 15 is 0 Å². The number of piperazine rings is 1. The van der Waals surface area contributed by atoms with Crippen LogP contribution in [0.3, 0.4) is 0 Å². The first-order valence-corrected chi connectivity index (χ1v) is 9.20. The molecule has 7 nitrogen and oxygen atoms in total. The molecule has 2 saturated heterocycles. The van der Waals surface area contributed by atoms with Crippen molar-refractivity contribution in [1.82, 2.24) is 25.1 Å². The molecule has 1 aromatic heterocycles. The van der Waals surface area contributed by atoms with E-state index in [1.807, 2.05) is 28.0 Å². The van der Waals surface area contributed by atoms with Gasteiger partial charge in [-0.05, 0) is 18.2 Å². The van der Waals surface area contributed by atoms with E-state index in [2.05, 4.69) is 15.3 Å². The number of benzene rings is 1. The average Bonchev–Trinajstić information content (AvgIpc) is 3.31. The maximum Gasteiger partial charge on any atom is 0.254 e. The molecule has 2 N–H and O–H groups in total. The summed E-state index contributed by atoms with van der Waals surface area (Å²) in [6.45, 7) is 2.34. The molecule has 4 rings (SSSR count). The number of carbonyl (C=O) groups excluding carboxylic acids is 2. The number of aromatic amines is 1. The molecule has 2 aliphatic rings. The van der Waals surface area contributed by atoms with Gasteiger partial charge in [0.1, 0.15) is 0 Å². The predicted octanol–water partition coefficient (Wildman–Crippen LogP) is 0.510. The Kier molecular flexibility index (Phi) is 4.15. The van der Waals surface area contributed by atoms with Crippen molar-refractivity contribution < 1.29 is 9.59 Å². The molecule has 2 fully saturated rings.